The average Bonchev–Trinajstić information content (AvgIpc) is 3.09. The topological polar surface area (TPSA) is 67.4 Å². The molecule has 138 valence electrons. The van der Waals surface area contributed by atoms with E-state index in [2.05, 4.69) is 47.6 Å². The Bertz CT molecular complexity index is 796. The van der Waals surface area contributed by atoms with Crippen LogP contribution in [0.3, 0.4) is 0 Å². The van der Waals surface area contributed by atoms with Gasteiger partial charge in [0, 0.05) is 11.0 Å². The number of hydrogen-bond acceptors (Lipinski definition) is 4. The lowest BCUT2D eigenvalue weighted by molar-refractivity contribution is -0.128. The van der Waals surface area contributed by atoms with Crippen LogP contribution >= 0.6 is 27.3 Å². The molecule has 0 fully saturated rings. The normalized spacial score (nSPS) is 11.4. The second kappa shape index (κ2) is 9.00. The van der Waals surface area contributed by atoms with Crippen molar-refractivity contribution in [2.24, 2.45) is 0 Å². The van der Waals surface area contributed by atoms with E-state index in [1.807, 2.05) is 35.7 Å². The molecule has 0 radical (unpaired) electrons. The lowest BCUT2D eigenvalue weighted by Gasteiger charge is -2.20. The second-order valence-electron chi connectivity index (χ2n) is 6.57. The van der Waals surface area contributed by atoms with E-state index in [0.29, 0.717) is 5.75 Å². The van der Waals surface area contributed by atoms with Crippen LogP contribution in [0.25, 0.3) is 6.08 Å². The maximum Gasteiger partial charge on any atom is 0.276 e. The van der Waals surface area contributed by atoms with E-state index in [-0.39, 0.29) is 12.0 Å². The van der Waals surface area contributed by atoms with Gasteiger partial charge in [-0.05, 0) is 56.6 Å². The molecule has 2 amide bonds. The summed E-state index contributed by atoms with van der Waals surface area (Å²) in [6, 6.07) is 9.55. The summed E-state index contributed by atoms with van der Waals surface area (Å²) >= 11 is 4.98. The lowest BCUT2D eigenvalue weighted by Crippen LogP contribution is -2.43. The van der Waals surface area contributed by atoms with Crippen molar-refractivity contribution >= 4 is 45.2 Å². The van der Waals surface area contributed by atoms with E-state index >= 15 is 0 Å². The molecular weight excluding hydrogens is 416 g/mol. The molecule has 2 N–H and O–H groups in total. The first-order chi connectivity index (χ1) is 12.3. The van der Waals surface area contributed by atoms with Crippen LogP contribution in [0.2, 0.25) is 0 Å². The Labute approximate surface area is 165 Å². The number of amides is 2. The number of nitrogens with one attached hydrogen (secondary N) is 2. The Morgan fingerprint density at radius 3 is 2.62 bits per heavy atom. The van der Waals surface area contributed by atoms with Gasteiger partial charge in [-0.2, -0.15) is 0 Å². The lowest BCUT2D eigenvalue weighted by atomic mass is 9.87. The minimum Gasteiger partial charge on any atom is -0.483 e. The average molecular weight is 437 g/mol. The van der Waals surface area contributed by atoms with Crippen LogP contribution < -0.4 is 15.6 Å². The van der Waals surface area contributed by atoms with Gasteiger partial charge >= 0.3 is 0 Å². The summed E-state index contributed by atoms with van der Waals surface area (Å²) < 4.78 is 6.27. The highest BCUT2D eigenvalue weighted by atomic mass is 79.9. The summed E-state index contributed by atoms with van der Waals surface area (Å²) in [6.07, 6.45) is 3.03. The predicted octanol–water partition coefficient (Wildman–Crippen LogP) is 4.05. The van der Waals surface area contributed by atoms with Crippen molar-refractivity contribution in [3.8, 4) is 5.75 Å². The molecule has 26 heavy (non-hydrogen) atoms. The van der Waals surface area contributed by atoms with Crippen LogP contribution in [-0.2, 0) is 15.0 Å². The van der Waals surface area contributed by atoms with Gasteiger partial charge in [0.15, 0.2) is 6.61 Å². The van der Waals surface area contributed by atoms with E-state index < -0.39 is 11.8 Å². The molecule has 0 aliphatic heterocycles. The standard InChI is InChI=1S/C19H21BrN2O3S/c1-19(2,3)13-6-8-16(15(20)11-13)25-12-18(24)22-21-17(23)9-7-14-5-4-10-26-14/h4-11H,12H2,1-3H3,(H,21,23)(H,22,24). The first-order valence-electron chi connectivity index (χ1n) is 7.99. The Morgan fingerprint density at radius 1 is 1.23 bits per heavy atom. The zero-order valence-electron chi connectivity index (χ0n) is 14.8. The van der Waals surface area contributed by atoms with Gasteiger partial charge < -0.3 is 4.74 Å². The number of carbonyl (C=O) groups excluding carboxylic acids is 2. The van der Waals surface area contributed by atoms with Gasteiger partial charge in [-0.15, -0.1) is 11.3 Å². The number of benzene rings is 1. The molecule has 0 spiro atoms. The van der Waals surface area contributed by atoms with Gasteiger partial charge in [-0.3, -0.25) is 20.4 Å². The second-order valence-corrected chi connectivity index (χ2v) is 8.40. The molecule has 0 unspecified atom stereocenters. The fourth-order valence-corrected chi connectivity index (χ4v) is 3.09. The highest BCUT2D eigenvalue weighted by Crippen LogP contribution is 2.31. The number of carbonyl (C=O) groups is 2. The summed E-state index contributed by atoms with van der Waals surface area (Å²) in [4.78, 5) is 24.4. The molecule has 1 aromatic heterocycles. The molecule has 2 aromatic rings. The zero-order valence-corrected chi connectivity index (χ0v) is 17.2. The molecule has 0 saturated heterocycles. The number of rotatable bonds is 5. The fraction of sp³-hybridized carbons (Fsp3) is 0.263. The van der Waals surface area contributed by atoms with Crippen LogP contribution in [0.5, 0.6) is 5.75 Å². The number of thiophene rings is 1. The summed E-state index contributed by atoms with van der Waals surface area (Å²) in [5.74, 6) is -0.297. The van der Waals surface area contributed by atoms with Crippen molar-refractivity contribution in [1.82, 2.24) is 10.9 Å². The summed E-state index contributed by atoms with van der Waals surface area (Å²) in [7, 11) is 0. The van der Waals surface area contributed by atoms with Gasteiger partial charge in [0.05, 0.1) is 4.47 Å². The van der Waals surface area contributed by atoms with E-state index in [0.717, 1.165) is 14.9 Å². The van der Waals surface area contributed by atoms with Crippen molar-refractivity contribution in [3.63, 3.8) is 0 Å². The summed E-state index contributed by atoms with van der Waals surface area (Å²) in [6.45, 7) is 6.16. The number of hydrazine groups is 1. The Kier molecular flexibility index (Phi) is 6.99. The molecule has 1 aromatic carbocycles. The SMILES string of the molecule is CC(C)(C)c1ccc(OCC(=O)NNC(=O)C=Cc2cccs2)c(Br)c1. The van der Waals surface area contributed by atoms with Crippen LogP contribution in [0, 0.1) is 0 Å². The monoisotopic (exact) mass is 436 g/mol. The molecule has 5 nitrogen and oxygen atoms in total. The maximum atomic E-state index is 11.8. The first kappa shape index (κ1) is 20.2. The van der Waals surface area contributed by atoms with Crippen molar-refractivity contribution < 1.29 is 14.3 Å². The van der Waals surface area contributed by atoms with Crippen molar-refractivity contribution in [2.45, 2.75) is 26.2 Å². The third-order valence-electron chi connectivity index (χ3n) is 3.42. The largest absolute Gasteiger partial charge is 0.483 e. The molecule has 7 heteroatoms. The smallest absolute Gasteiger partial charge is 0.276 e. The molecule has 0 atom stereocenters. The van der Waals surface area contributed by atoms with Gasteiger partial charge in [-0.25, -0.2) is 0 Å². The fourth-order valence-electron chi connectivity index (χ4n) is 1.98. The Morgan fingerprint density at radius 2 is 2.00 bits per heavy atom. The quantitative estimate of drug-likeness (QED) is 0.548. The Balaban J connectivity index is 1.79. The minimum absolute atomic E-state index is 0.0271. The van der Waals surface area contributed by atoms with Gasteiger partial charge in [0.1, 0.15) is 5.75 Å². The van der Waals surface area contributed by atoms with Crippen LogP contribution in [0.15, 0.2) is 46.3 Å². The summed E-state index contributed by atoms with van der Waals surface area (Å²) in [5, 5.41) is 1.92. The van der Waals surface area contributed by atoms with Gasteiger partial charge in [-0.1, -0.05) is 32.9 Å². The molecule has 0 aliphatic rings. The predicted molar refractivity (Wildman–Crippen MR) is 108 cm³/mol. The highest BCUT2D eigenvalue weighted by Gasteiger charge is 2.15. The minimum atomic E-state index is -0.449. The van der Waals surface area contributed by atoms with E-state index in [1.54, 1.807) is 6.08 Å². The van der Waals surface area contributed by atoms with E-state index in [1.165, 1.54) is 17.4 Å². The summed E-state index contributed by atoms with van der Waals surface area (Å²) in [5.41, 5.74) is 5.81. The van der Waals surface area contributed by atoms with E-state index in [9.17, 15) is 9.59 Å². The molecule has 1 heterocycles. The van der Waals surface area contributed by atoms with Crippen molar-refractivity contribution in [3.05, 3.63) is 56.7 Å². The first-order valence-corrected chi connectivity index (χ1v) is 9.66. The van der Waals surface area contributed by atoms with Crippen LogP contribution in [0.4, 0.5) is 0 Å². The number of ether oxygens (including phenoxy) is 1. The van der Waals surface area contributed by atoms with Crippen molar-refractivity contribution in [1.29, 1.82) is 0 Å². The number of halogens is 1. The maximum absolute atomic E-state index is 11.8. The van der Waals surface area contributed by atoms with Gasteiger partial charge in [0.25, 0.3) is 11.8 Å². The molecule has 0 bridgehead atoms. The third kappa shape index (κ3) is 6.31. The third-order valence-corrected chi connectivity index (χ3v) is 4.88. The Hall–Kier alpha value is -2.12. The van der Waals surface area contributed by atoms with Crippen molar-refractivity contribution in [2.75, 3.05) is 6.61 Å². The zero-order chi connectivity index (χ0) is 19.2. The number of hydrogen-bond donors (Lipinski definition) is 2. The molecule has 0 aliphatic carbocycles. The van der Waals surface area contributed by atoms with Crippen LogP contribution in [-0.4, -0.2) is 18.4 Å². The molecule has 2 rings (SSSR count). The molecular formula is C19H21BrN2O3S. The highest BCUT2D eigenvalue weighted by molar-refractivity contribution is 9.10. The molecule has 0 saturated carbocycles. The van der Waals surface area contributed by atoms with E-state index in [4.69, 9.17) is 4.74 Å². The van der Waals surface area contributed by atoms with Crippen LogP contribution in [0.1, 0.15) is 31.2 Å². The van der Waals surface area contributed by atoms with Gasteiger partial charge in [0.2, 0.25) is 0 Å².